The predicted octanol–water partition coefficient (Wildman–Crippen LogP) is 1.64. The predicted molar refractivity (Wildman–Crippen MR) is 110 cm³/mol. The van der Waals surface area contributed by atoms with Crippen LogP contribution in [0, 0.1) is 0 Å². The summed E-state index contributed by atoms with van der Waals surface area (Å²) >= 11 is 0. The highest BCUT2D eigenvalue weighted by molar-refractivity contribution is 7.89. The van der Waals surface area contributed by atoms with Crippen LogP contribution in [-0.4, -0.2) is 52.7 Å². The van der Waals surface area contributed by atoms with Gasteiger partial charge in [0.15, 0.2) is 11.5 Å². The zero-order chi connectivity index (χ0) is 24.4. The molecule has 3 aromatic rings. The summed E-state index contributed by atoms with van der Waals surface area (Å²) in [6.45, 7) is 0.509. The molecule has 0 aliphatic rings. The second kappa shape index (κ2) is 9.15. The molecule has 0 bridgehead atoms. The van der Waals surface area contributed by atoms with Gasteiger partial charge in [-0.2, -0.15) is 17.5 Å². The molecular weight excluding hydrogens is 465 g/mol. The third-order valence-corrected chi connectivity index (χ3v) is 6.31. The molecule has 0 aliphatic carbocycles. The largest absolute Gasteiger partial charge is 0.417 e. The molecule has 3 rings (SSSR count). The fourth-order valence-corrected chi connectivity index (χ4v) is 3.97. The van der Waals surface area contributed by atoms with Crippen molar-refractivity contribution in [3.05, 3.63) is 54.0 Å². The number of hydrogen-bond acceptors (Lipinski definition) is 6. The lowest BCUT2D eigenvalue weighted by Crippen LogP contribution is -2.38. The van der Waals surface area contributed by atoms with Gasteiger partial charge in [0.2, 0.25) is 21.8 Å². The lowest BCUT2D eigenvalue weighted by Gasteiger charge is -2.17. The summed E-state index contributed by atoms with van der Waals surface area (Å²) < 4.78 is 66.1. The van der Waals surface area contributed by atoms with Crippen molar-refractivity contribution in [2.75, 3.05) is 18.9 Å². The summed E-state index contributed by atoms with van der Waals surface area (Å²) in [5, 5.41) is 12.4. The van der Waals surface area contributed by atoms with E-state index in [4.69, 9.17) is 0 Å². The Morgan fingerprint density at radius 3 is 2.36 bits per heavy atom. The quantitative estimate of drug-likeness (QED) is 0.525. The summed E-state index contributed by atoms with van der Waals surface area (Å²) in [5.41, 5.74) is -0.330. The Kier molecular flexibility index (Phi) is 6.69. The van der Waals surface area contributed by atoms with Crippen molar-refractivity contribution in [1.82, 2.24) is 24.2 Å². The van der Waals surface area contributed by atoms with E-state index in [2.05, 4.69) is 20.8 Å². The number of nitrogens with zero attached hydrogens (tertiary/aromatic N) is 4. The van der Waals surface area contributed by atoms with E-state index in [-0.39, 0.29) is 28.8 Å². The van der Waals surface area contributed by atoms with Gasteiger partial charge in [0.25, 0.3) is 0 Å². The van der Waals surface area contributed by atoms with E-state index < -0.39 is 34.2 Å². The summed E-state index contributed by atoms with van der Waals surface area (Å²) in [5.74, 6) is -0.960. The lowest BCUT2D eigenvalue weighted by atomic mass is 10.3. The van der Waals surface area contributed by atoms with Crippen molar-refractivity contribution < 1.29 is 31.2 Å². The van der Waals surface area contributed by atoms with Gasteiger partial charge in [-0.15, -0.1) is 10.2 Å². The number of hydrogen-bond donors (Lipinski definition) is 2. The number of sulfonamides is 1. The maximum Gasteiger partial charge on any atom is 0.417 e. The minimum Gasteiger partial charge on any atom is -0.348 e. The van der Waals surface area contributed by atoms with Gasteiger partial charge < -0.3 is 10.6 Å². The standard InChI is InChI=1S/C19H19F3N6O4S/c1-12(29)24-14-4-6-15(7-5-14)33(31,32)27(2)11-18(30)23-9-17-26-25-16-8-3-13(10-28(16)17)19(20,21)22/h3-8,10H,9,11H2,1-2H3,(H,23,30)(H,24,29). The number of halogens is 3. The number of carbonyl (C=O) groups excluding carboxylic acids is 2. The molecule has 0 spiro atoms. The smallest absolute Gasteiger partial charge is 0.348 e. The number of likely N-dealkylation sites (N-methyl/N-ethyl adjacent to an activating group) is 1. The summed E-state index contributed by atoms with van der Waals surface area (Å²) in [6, 6.07) is 7.42. The summed E-state index contributed by atoms with van der Waals surface area (Å²) in [7, 11) is -2.80. The van der Waals surface area contributed by atoms with Crippen molar-refractivity contribution in [3.8, 4) is 0 Å². The Bertz CT molecular complexity index is 1290. The minimum absolute atomic E-state index is 0.0449. The van der Waals surface area contributed by atoms with Gasteiger partial charge in [0.05, 0.1) is 23.5 Å². The highest BCUT2D eigenvalue weighted by Gasteiger charge is 2.31. The van der Waals surface area contributed by atoms with Crippen LogP contribution < -0.4 is 10.6 Å². The maximum absolute atomic E-state index is 12.9. The molecule has 0 aliphatic heterocycles. The van der Waals surface area contributed by atoms with Gasteiger partial charge >= 0.3 is 6.18 Å². The number of fused-ring (bicyclic) bond motifs is 1. The van der Waals surface area contributed by atoms with Crippen LogP contribution in [0.4, 0.5) is 18.9 Å². The van der Waals surface area contributed by atoms with E-state index in [1.165, 1.54) is 38.2 Å². The third kappa shape index (κ3) is 5.64. The zero-order valence-electron chi connectivity index (χ0n) is 17.4. The fraction of sp³-hybridized carbons (Fsp3) is 0.263. The molecule has 2 aromatic heterocycles. The fourth-order valence-electron chi connectivity index (χ4n) is 2.84. The number of nitrogens with one attached hydrogen (secondary N) is 2. The van der Waals surface area contributed by atoms with Gasteiger partial charge in [0.1, 0.15) is 0 Å². The Hall–Kier alpha value is -3.52. The van der Waals surface area contributed by atoms with Crippen molar-refractivity contribution in [2.45, 2.75) is 24.5 Å². The van der Waals surface area contributed by atoms with E-state index in [1.54, 1.807) is 0 Å². The molecule has 0 saturated carbocycles. The second-order valence-electron chi connectivity index (χ2n) is 7.00. The number of alkyl halides is 3. The van der Waals surface area contributed by atoms with E-state index >= 15 is 0 Å². The Morgan fingerprint density at radius 1 is 1.09 bits per heavy atom. The van der Waals surface area contributed by atoms with Gasteiger partial charge in [-0.05, 0) is 36.4 Å². The topological polar surface area (TPSA) is 126 Å². The highest BCUT2D eigenvalue weighted by atomic mass is 32.2. The zero-order valence-corrected chi connectivity index (χ0v) is 18.2. The maximum atomic E-state index is 12.9. The molecule has 0 saturated heterocycles. The van der Waals surface area contributed by atoms with E-state index in [0.29, 0.717) is 5.69 Å². The van der Waals surface area contributed by atoms with Crippen LogP contribution in [0.25, 0.3) is 5.65 Å². The normalized spacial score (nSPS) is 12.2. The average molecular weight is 484 g/mol. The molecule has 1 aromatic carbocycles. The number of benzene rings is 1. The monoisotopic (exact) mass is 484 g/mol. The average Bonchev–Trinajstić information content (AvgIpc) is 3.14. The SMILES string of the molecule is CC(=O)Nc1ccc(S(=O)(=O)N(C)CC(=O)NCc2nnc3ccc(C(F)(F)F)cn23)cc1. The van der Waals surface area contributed by atoms with Crippen LogP contribution in [0.5, 0.6) is 0 Å². The molecule has 2 N–H and O–H groups in total. The van der Waals surface area contributed by atoms with E-state index in [1.807, 2.05) is 0 Å². The molecule has 0 unspecified atom stereocenters. The van der Waals surface area contributed by atoms with Crippen LogP contribution in [0.2, 0.25) is 0 Å². The molecular formula is C19H19F3N6O4S. The third-order valence-electron chi connectivity index (χ3n) is 4.49. The van der Waals surface area contributed by atoms with Crippen molar-refractivity contribution in [1.29, 1.82) is 0 Å². The number of aromatic nitrogens is 3. The molecule has 0 fully saturated rings. The van der Waals surface area contributed by atoms with Crippen molar-refractivity contribution >= 4 is 33.2 Å². The number of carbonyl (C=O) groups is 2. The first-order valence-corrected chi connectivity index (χ1v) is 10.8. The Labute approximate surface area is 186 Å². The van der Waals surface area contributed by atoms with Crippen LogP contribution in [0.1, 0.15) is 18.3 Å². The van der Waals surface area contributed by atoms with Crippen LogP contribution in [0.3, 0.4) is 0 Å². The first-order chi connectivity index (χ1) is 15.4. The van der Waals surface area contributed by atoms with Gasteiger partial charge in [-0.1, -0.05) is 0 Å². The molecule has 14 heteroatoms. The van der Waals surface area contributed by atoms with Gasteiger partial charge in [0, 0.05) is 25.9 Å². The molecule has 2 heterocycles. The Morgan fingerprint density at radius 2 is 1.76 bits per heavy atom. The Balaban J connectivity index is 1.65. The first kappa shape index (κ1) is 24.1. The molecule has 0 radical (unpaired) electrons. The van der Waals surface area contributed by atoms with Crippen molar-refractivity contribution in [3.63, 3.8) is 0 Å². The van der Waals surface area contributed by atoms with Crippen LogP contribution in [0.15, 0.2) is 47.5 Å². The highest BCUT2D eigenvalue weighted by Crippen LogP contribution is 2.29. The lowest BCUT2D eigenvalue weighted by molar-refractivity contribution is -0.138. The number of amides is 2. The number of pyridine rings is 1. The second-order valence-corrected chi connectivity index (χ2v) is 9.05. The molecule has 33 heavy (non-hydrogen) atoms. The van der Waals surface area contributed by atoms with Gasteiger partial charge in [-0.3, -0.25) is 14.0 Å². The molecule has 2 amide bonds. The van der Waals surface area contributed by atoms with Crippen LogP contribution in [-0.2, 0) is 32.3 Å². The summed E-state index contributed by atoms with van der Waals surface area (Å²) in [4.78, 5) is 23.2. The molecule has 0 atom stereocenters. The first-order valence-electron chi connectivity index (χ1n) is 9.39. The van der Waals surface area contributed by atoms with Crippen molar-refractivity contribution in [2.24, 2.45) is 0 Å². The van der Waals surface area contributed by atoms with E-state index in [9.17, 15) is 31.2 Å². The van der Waals surface area contributed by atoms with Crippen LogP contribution >= 0.6 is 0 Å². The molecule has 10 nitrogen and oxygen atoms in total. The van der Waals surface area contributed by atoms with Gasteiger partial charge in [-0.25, -0.2) is 8.42 Å². The summed E-state index contributed by atoms with van der Waals surface area (Å²) in [6.07, 6.45) is -3.74. The molecule has 176 valence electrons. The minimum atomic E-state index is -4.56. The van der Waals surface area contributed by atoms with E-state index in [0.717, 1.165) is 27.0 Å². The number of anilines is 1. The number of rotatable bonds is 7.